The first-order valence-electron chi connectivity index (χ1n) is 10.4. The number of rotatable bonds is 5. The highest BCUT2D eigenvalue weighted by Gasteiger charge is 2.37. The number of imide groups is 1. The van der Waals surface area contributed by atoms with E-state index in [9.17, 15) is 27.6 Å². The van der Waals surface area contributed by atoms with Gasteiger partial charge in [0, 0.05) is 17.3 Å². The molecule has 0 atom stereocenters. The molecular formula is C25H19F3N2O4S. The van der Waals surface area contributed by atoms with Gasteiger partial charge in [0.1, 0.15) is 18.1 Å². The van der Waals surface area contributed by atoms with Crippen LogP contribution in [0.4, 0.5) is 23.7 Å². The van der Waals surface area contributed by atoms with Crippen molar-refractivity contribution in [2.45, 2.75) is 20.0 Å². The fourth-order valence-electron chi connectivity index (χ4n) is 3.68. The van der Waals surface area contributed by atoms with E-state index in [2.05, 4.69) is 5.32 Å². The molecule has 1 aromatic heterocycles. The summed E-state index contributed by atoms with van der Waals surface area (Å²) in [6.07, 6.45) is -3.30. The minimum absolute atomic E-state index is 0.000735. The van der Waals surface area contributed by atoms with Crippen LogP contribution in [0.15, 0.2) is 63.9 Å². The van der Waals surface area contributed by atoms with Crippen LogP contribution in [-0.2, 0) is 15.8 Å². The van der Waals surface area contributed by atoms with Crippen molar-refractivity contribution in [3.63, 3.8) is 0 Å². The van der Waals surface area contributed by atoms with Crippen molar-refractivity contribution in [1.29, 1.82) is 0 Å². The van der Waals surface area contributed by atoms with Crippen molar-refractivity contribution in [3.8, 4) is 11.3 Å². The number of carbonyl (C=O) groups is 3. The smallest absolute Gasteiger partial charge is 0.417 e. The van der Waals surface area contributed by atoms with Gasteiger partial charge >= 0.3 is 6.18 Å². The molecule has 0 aliphatic carbocycles. The van der Waals surface area contributed by atoms with Crippen LogP contribution in [0.5, 0.6) is 0 Å². The predicted octanol–water partition coefficient (Wildman–Crippen LogP) is 6.26. The van der Waals surface area contributed by atoms with E-state index in [-0.39, 0.29) is 22.0 Å². The lowest BCUT2D eigenvalue weighted by Crippen LogP contribution is -2.36. The molecule has 1 N–H and O–H groups in total. The van der Waals surface area contributed by atoms with Crippen LogP contribution >= 0.6 is 11.8 Å². The first kappa shape index (κ1) is 24.3. The summed E-state index contributed by atoms with van der Waals surface area (Å²) in [7, 11) is 0. The number of thioether (sulfide) groups is 1. The lowest BCUT2D eigenvalue weighted by molar-refractivity contribution is -0.137. The van der Waals surface area contributed by atoms with Gasteiger partial charge in [-0.2, -0.15) is 13.2 Å². The van der Waals surface area contributed by atoms with E-state index in [1.54, 1.807) is 12.1 Å². The zero-order valence-electron chi connectivity index (χ0n) is 18.6. The highest BCUT2D eigenvalue weighted by molar-refractivity contribution is 8.18. The van der Waals surface area contributed by atoms with E-state index in [0.29, 0.717) is 17.4 Å². The maximum absolute atomic E-state index is 13.3. The number of hydrogen-bond donors (Lipinski definition) is 1. The average Bonchev–Trinajstić information content (AvgIpc) is 3.33. The van der Waals surface area contributed by atoms with Crippen LogP contribution in [-0.4, -0.2) is 28.5 Å². The van der Waals surface area contributed by atoms with Gasteiger partial charge in [0.15, 0.2) is 0 Å². The van der Waals surface area contributed by atoms with Gasteiger partial charge in [-0.05, 0) is 67.1 Å². The van der Waals surface area contributed by atoms with Crippen molar-refractivity contribution in [2.75, 3.05) is 11.9 Å². The quantitative estimate of drug-likeness (QED) is 0.419. The number of anilines is 1. The number of halogens is 3. The number of hydrogen-bond acceptors (Lipinski definition) is 5. The van der Waals surface area contributed by atoms with Gasteiger partial charge < -0.3 is 9.73 Å². The molecule has 2 heterocycles. The van der Waals surface area contributed by atoms with Crippen LogP contribution in [0.25, 0.3) is 17.4 Å². The van der Waals surface area contributed by atoms with Crippen LogP contribution in [0.3, 0.4) is 0 Å². The molecule has 3 aromatic rings. The molecule has 0 spiro atoms. The molecule has 0 saturated carbocycles. The van der Waals surface area contributed by atoms with Crippen molar-refractivity contribution in [1.82, 2.24) is 4.90 Å². The van der Waals surface area contributed by atoms with E-state index < -0.39 is 35.3 Å². The van der Waals surface area contributed by atoms with E-state index in [4.69, 9.17) is 4.42 Å². The van der Waals surface area contributed by atoms with Gasteiger partial charge in [-0.1, -0.05) is 24.3 Å². The first-order valence-corrected chi connectivity index (χ1v) is 11.2. The molecule has 4 rings (SSSR count). The number of nitrogens with zero attached hydrogens (tertiary/aromatic N) is 1. The number of carbonyl (C=O) groups excluding carboxylic acids is 3. The highest BCUT2D eigenvalue weighted by Crippen LogP contribution is 2.38. The van der Waals surface area contributed by atoms with Gasteiger partial charge in [0.25, 0.3) is 11.1 Å². The number of aryl methyl sites for hydroxylation is 2. The maximum Gasteiger partial charge on any atom is 0.417 e. The Balaban J connectivity index is 1.49. The van der Waals surface area contributed by atoms with Crippen LogP contribution in [0, 0.1) is 13.8 Å². The minimum atomic E-state index is -4.57. The molecule has 3 amide bonds. The van der Waals surface area contributed by atoms with E-state index in [1.165, 1.54) is 36.4 Å². The standard InChI is InChI=1S/C25H19F3N2O4S/c1-14-9-15(2)11-16(10-14)29-22(31)13-30-23(32)21(35-24(30)33)12-17-7-8-20(34-17)18-5-3-4-6-19(18)25(26,27)28/h3-12H,13H2,1-2H3,(H,29,31)/b21-12+. The summed E-state index contributed by atoms with van der Waals surface area (Å²) in [4.78, 5) is 38.3. The Bertz CT molecular complexity index is 1340. The largest absolute Gasteiger partial charge is 0.457 e. The summed E-state index contributed by atoms with van der Waals surface area (Å²) in [5.74, 6) is -1.16. The van der Waals surface area contributed by atoms with Gasteiger partial charge in [0.2, 0.25) is 5.91 Å². The Morgan fingerprint density at radius 2 is 1.74 bits per heavy atom. The lowest BCUT2D eigenvalue weighted by atomic mass is 10.1. The molecule has 35 heavy (non-hydrogen) atoms. The van der Waals surface area contributed by atoms with E-state index >= 15 is 0 Å². The monoisotopic (exact) mass is 500 g/mol. The molecule has 1 fully saturated rings. The zero-order valence-corrected chi connectivity index (χ0v) is 19.4. The Hall–Kier alpha value is -3.79. The molecule has 6 nitrogen and oxygen atoms in total. The molecule has 0 unspecified atom stereocenters. The second kappa shape index (κ2) is 9.46. The third-order valence-electron chi connectivity index (χ3n) is 5.08. The van der Waals surface area contributed by atoms with Gasteiger partial charge in [0.05, 0.1) is 10.5 Å². The van der Waals surface area contributed by atoms with Gasteiger partial charge in [-0.3, -0.25) is 19.3 Å². The third kappa shape index (κ3) is 5.48. The van der Waals surface area contributed by atoms with Crippen molar-refractivity contribution in [2.24, 2.45) is 0 Å². The molecule has 0 radical (unpaired) electrons. The second-order valence-electron chi connectivity index (χ2n) is 7.94. The zero-order chi connectivity index (χ0) is 25.3. The molecule has 180 valence electrons. The number of benzene rings is 2. The molecular weight excluding hydrogens is 481 g/mol. The SMILES string of the molecule is Cc1cc(C)cc(NC(=O)CN2C(=O)S/C(=C/c3ccc(-c4ccccc4C(F)(F)F)o3)C2=O)c1. The topological polar surface area (TPSA) is 79.6 Å². The second-order valence-corrected chi connectivity index (χ2v) is 8.93. The van der Waals surface area contributed by atoms with Crippen molar-refractivity contribution < 1.29 is 32.0 Å². The summed E-state index contributed by atoms with van der Waals surface area (Å²) in [5, 5.41) is 2.04. The minimum Gasteiger partial charge on any atom is -0.457 e. The predicted molar refractivity (Wildman–Crippen MR) is 126 cm³/mol. The Morgan fingerprint density at radius 1 is 1.06 bits per heavy atom. The summed E-state index contributed by atoms with van der Waals surface area (Å²) in [6, 6.07) is 13.2. The number of furan rings is 1. The molecule has 1 saturated heterocycles. The number of nitrogens with one attached hydrogen (secondary N) is 1. The molecule has 10 heteroatoms. The maximum atomic E-state index is 13.3. The summed E-state index contributed by atoms with van der Waals surface area (Å²) >= 11 is 0.621. The summed E-state index contributed by atoms with van der Waals surface area (Å²) in [5.41, 5.74) is 1.46. The number of alkyl halides is 3. The van der Waals surface area contributed by atoms with Crippen LogP contribution in [0.1, 0.15) is 22.5 Å². The first-order chi connectivity index (χ1) is 16.5. The molecule has 1 aliphatic heterocycles. The summed E-state index contributed by atoms with van der Waals surface area (Å²) < 4.78 is 45.4. The van der Waals surface area contributed by atoms with Crippen molar-refractivity contribution in [3.05, 3.63) is 82.0 Å². The third-order valence-corrected chi connectivity index (χ3v) is 5.99. The average molecular weight is 500 g/mol. The van der Waals surface area contributed by atoms with Gasteiger partial charge in [-0.15, -0.1) is 0 Å². The lowest BCUT2D eigenvalue weighted by Gasteiger charge is -2.13. The Morgan fingerprint density at radius 3 is 2.43 bits per heavy atom. The molecule has 0 bridgehead atoms. The fraction of sp³-hybridized carbons (Fsp3) is 0.160. The molecule has 2 aromatic carbocycles. The van der Waals surface area contributed by atoms with Gasteiger partial charge in [-0.25, -0.2) is 0 Å². The molecule has 1 aliphatic rings. The fourth-order valence-corrected chi connectivity index (χ4v) is 4.50. The Kier molecular flexibility index (Phi) is 6.58. The van der Waals surface area contributed by atoms with E-state index in [1.807, 2.05) is 19.9 Å². The summed E-state index contributed by atoms with van der Waals surface area (Å²) in [6.45, 7) is 3.29. The highest BCUT2D eigenvalue weighted by atomic mass is 32.2. The normalized spacial score (nSPS) is 15.2. The van der Waals surface area contributed by atoms with Crippen LogP contribution < -0.4 is 5.32 Å². The van der Waals surface area contributed by atoms with E-state index in [0.717, 1.165) is 22.1 Å². The van der Waals surface area contributed by atoms with Crippen molar-refractivity contribution >= 4 is 40.6 Å². The number of amides is 3. The van der Waals surface area contributed by atoms with Crippen LogP contribution in [0.2, 0.25) is 0 Å². The Labute approximate surface area is 202 Å².